The molecule has 0 saturated carbocycles. The van der Waals surface area contributed by atoms with Gasteiger partial charge in [0.2, 0.25) is 10.0 Å². The van der Waals surface area contributed by atoms with Crippen molar-refractivity contribution < 1.29 is 33.0 Å². The topological polar surface area (TPSA) is 150 Å². The monoisotopic (exact) mass is 441 g/mol. The molecule has 1 aromatic carbocycles. The first kappa shape index (κ1) is 22.3. The number of carboxylic acid groups (broad SMARTS) is 1. The lowest BCUT2D eigenvalue weighted by Crippen LogP contribution is -2.67. The Kier molecular flexibility index (Phi) is 6.25. The van der Waals surface area contributed by atoms with Gasteiger partial charge < -0.3 is 25.6 Å². The van der Waals surface area contributed by atoms with E-state index in [1.807, 2.05) is 31.2 Å². The molecular weight excluding hydrogens is 414 g/mol. The summed E-state index contributed by atoms with van der Waals surface area (Å²) in [5, 5.41) is 18.7. The average molecular weight is 442 g/mol. The number of sulfonamides is 1. The van der Waals surface area contributed by atoms with E-state index in [9.17, 15) is 28.2 Å². The summed E-state index contributed by atoms with van der Waals surface area (Å²) in [7, 11) is -4.12. The Balaban J connectivity index is 1.70. The summed E-state index contributed by atoms with van der Waals surface area (Å²) >= 11 is 0. The second kappa shape index (κ2) is 8.40. The Morgan fingerprint density at radius 1 is 1.17 bits per heavy atom. The number of carbonyl (C=O) groups is 2. The van der Waals surface area contributed by atoms with E-state index in [-0.39, 0.29) is 32.2 Å². The number of nitrogens with two attached hydrogens (primary N) is 1. The summed E-state index contributed by atoms with van der Waals surface area (Å²) < 4.78 is 33.6. The minimum Gasteiger partial charge on any atom is -0.490 e. The number of carbonyl (C=O) groups excluding carboxylic acids is 1. The van der Waals surface area contributed by atoms with E-state index in [1.165, 1.54) is 4.31 Å². The summed E-state index contributed by atoms with van der Waals surface area (Å²) in [6.07, 6.45) is 0.513. The number of urea groups is 1. The smallest absolute Gasteiger partial charge is 0.339 e. The fraction of sp³-hybridized carbons (Fsp3) is 0.579. The third kappa shape index (κ3) is 4.23. The highest BCUT2D eigenvalue weighted by Gasteiger charge is 2.56. The van der Waals surface area contributed by atoms with Gasteiger partial charge in [0.25, 0.3) is 0 Å². The molecule has 2 amide bonds. The van der Waals surface area contributed by atoms with Crippen molar-refractivity contribution in [3.05, 3.63) is 29.8 Å². The summed E-state index contributed by atoms with van der Waals surface area (Å²) in [5.74, 6) is -0.947. The zero-order valence-electron chi connectivity index (χ0n) is 16.7. The highest BCUT2D eigenvalue weighted by atomic mass is 32.2. The predicted octanol–water partition coefficient (Wildman–Crippen LogP) is 0.137. The van der Waals surface area contributed by atoms with Crippen LogP contribution in [-0.2, 0) is 14.8 Å². The van der Waals surface area contributed by atoms with Crippen LogP contribution in [0.5, 0.6) is 5.75 Å². The highest BCUT2D eigenvalue weighted by molar-refractivity contribution is 7.89. The number of aliphatic carboxylic acids is 1. The van der Waals surface area contributed by atoms with Crippen LogP contribution in [-0.4, -0.2) is 83.0 Å². The number of hydrogen-bond acceptors (Lipinski definition) is 6. The van der Waals surface area contributed by atoms with E-state index in [0.29, 0.717) is 12.8 Å². The maximum Gasteiger partial charge on any atom is 0.339 e. The van der Waals surface area contributed by atoms with Gasteiger partial charge in [-0.25, -0.2) is 22.3 Å². The Morgan fingerprint density at radius 3 is 2.37 bits per heavy atom. The molecular formula is C19H27N3O7S. The number of hydrogen-bond donors (Lipinski definition) is 3. The van der Waals surface area contributed by atoms with Crippen LogP contribution in [0.2, 0.25) is 0 Å². The van der Waals surface area contributed by atoms with Crippen molar-refractivity contribution in [3.63, 3.8) is 0 Å². The van der Waals surface area contributed by atoms with Crippen LogP contribution in [0.25, 0.3) is 0 Å². The first-order valence-electron chi connectivity index (χ1n) is 9.77. The molecule has 4 N–H and O–H groups in total. The van der Waals surface area contributed by atoms with Crippen molar-refractivity contribution in [2.24, 2.45) is 5.73 Å². The first-order chi connectivity index (χ1) is 14.1. The molecule has 2 aliphatic rings. The van der Waals surface area contributed by atoms with Crippen molar-refractivity contribution in [2.75, 3.05) is 26.2 Å². The van der Waals surface area contributed by atoms with Gasteiger partial charge in [0.15, 0.2) is 5.60 Å². The molecule has 0 aliphatic carbocycles. The highest BCUT2D eigenvalue weighted by Crippen LogP contribution is 2.32. The summed E-state index contributed by atoms with van der Waals surface area (Å²) in [5.41, 5.74) is 3.55. The normalized spacial score (nSPS) is 26.3. The first-order valence-corrected chi connectivity index (χ1v) is 11.3. The molecule has 10 nitrogen and oxygen atoms in total. The molecule has 0 aromatic heterocycles. The average Bonchev–Trinajstić information content (AvgIpc) is 2.69. The van der Waals surface area contributed by atoms with Gasteiger partial charge >= 0.3 is 12.0 Å². The molecule has 3 rings (SSSR count). The van der Waals surface area contributed by atoms with Gasteiger partial charge in [0.1, 0.15) is 17.1 Å². The van der Waals surface area contributed by atoms with Crippen molar-refractivity contribution in [1.29, 1.82) is 0 Å². The quantitative estimate of drug-likeness (QED) is 0.588. The van der Waals surface area contributed by atoms with Crippen LogP contribution in [0, 0.1) is 6.92 Å². The fourth-order valence-electron chi connectivity index (χ4n) is 4.03. The Labute approximate surface area is 175 Å². The number of nitrogens with zero attached hydrogens (tertiary/aromatic N) is 2. The third-order valence-electron chi connectivity index (χ3n) is 5.82. The number of piperidine rings is 2. The molecule has 2 fully saturated rings. The maximum absolute atomic E-state index is 13.2. The molecule has 1 aromatic rings. The van der Waals surface area contributed by atoms with E-state index in [1.54, 1.807) is 0 Å². The minimum atomic E-state index is -4.12. The lowest BCUT2D eigenvalue weighted by Gasteiger charge is -2.43. The van der Waals surface area contributed by atoms with E-state index < -0.39 is 39.4 Å². The largest absolute Gasteiger partial charge is 0.490 e. The lowest BCUT2D eigenvalue weighted by atomic mass is 9.92. The van der Waals surface area contributed by atoms with Crippen molar-refractivity contribution >= 4 is 22.0 Å². The third-order valence-corrected chi connectivity index (χ3v) is 8.25. The number of primary amides is 1. The standard InChI is InChI=1S/C19H27N3O7S/c1-13-4-2-3-5-15(13)29-14-6-10-22(11-7-14)30(27,28)16-8-9-21(18(20)25)12-19(16,26)17(23)24/h2-5,14,16,26H,6-12H2,1H3,(H2,20,25)(H,23,24). The molecule has 2 unspecified atom stereocenters. The number of aliphatic hydroxyl groups is 1. The number of benzene rings is 1. The molecule has 2 saturated heterocycles. The summed E-state index contributed by atoms with van der Waals surface area (Å²) in [6.45, 7) is 1.53. The summed E-state index contributed by atoms with van der Waals surface area (Å²) in [4.78, 5) is 24.1. The number of aryl methyl sites for hydroxylation is 1. The van der Waals surface area contributed by atoms with Gasteiger partial charge in [-0.15, -0.1) is 0 Å². The van der Waals surface area contributed by atoms with Gasteiger partial charge in [-0.1, -0.05) is 18.2 Å². The van der Waals surface area contributed by atoms with Crippen LogP contribution in [0.1, 0.15) is 24.8 Å². The predicted molar refractivity (Wildman–Crippen MR) is 107 cm³/mol. The summed E-state index contributed by atoms with van der Waals surface area (Å²) in [6, 6.07) is 6.66. The molecule has 2 heterocycles. The zero-order chi connectivity index (χ0) is 22.1. The van der Waals surface area contributed by atoms with Crippen LogP contribution in [0.15, 0.2) is 24.3 Å². The van der Waals surface area contributed by atoms with Gasteiger partial charge in [-0.3, -0.25) is 0 Å². The molecule has 0 radical (unpaired) electrons. The van der Waals surface area contributed by atoms with Crippen LogP contribution >= 0.6 is 0 Å². The molecule has 2 atom stereocenters. The van der Waals surface area contributed by atoms with Gasteiger partial charge in [0, 0.05) is 19.6 Å². The van der Waals surface area contributed by atoms with Crippen LogP contribution < -0.4 is 10.5 Å². The van der Waals surface area contributed by atoms with E-state index in [4.69, 9.17) is 10.5 Å². The zero-order valence-corrected chi connectivity index (χ0v) is 17.5. The van der Waals surface area contributed by atoms with Crippen LogP contribution in [0.4, 0.5) is 4.79 Å². The molecule has 2 aliphatic heterocycles. The lowest BCUT2D eigenvalue weighted by molar-refractivity contribution is -0.162. The number of para-hydroxylation sites is 1. The minimum absolute atomic E-state index is 0.0400. The molecule has 0 bridgehead atoms. The number of likely N-dealkylation sites (tertiary alicyclic amines) is 1. The van der Waals surface area contributed by atoms with E-state index in [2.05, 4.69) is 0 Å². The number of β-amino-alcohol motifs (C(OH)–C–C–N with tert-alkyl or cyclic N) is 1. The van der Waals surface area contributed by atoms with Gasteiger partial charge in [-0.05, 0) is 37.8 Å². The fourth-order valence-corrected chi connectivity index (χ4v) is 6.18. The maximum atomic E-state index is 13.2. The Morgan fingerprint density at radius 2 is 1.80 bits per heavy atom. The number of ether oxygens (including phenoxy) is 1. The number of amides is 2. The Bertz CT molecular complexity index is 914. The van der Waals surface area contributed by atoms with Crippen molar-refractivity contribution in [2.45, 2.75) is 43.1 Å². The van der Waals surface area contributed by atoms with Crippen LogP contribution in [0.3, 0.4) is 0 Å². The second-order valence-electron chi connectivity index (χ2n) is 7.79. The van der Waals surface area contributed by atoms with Gasteiger partial charge in [-0.2, -0.15) is 0 Å². The molecule has 30 heavy (non-hydrogen) atoms. The second-order valence-corrected chi connectivity index (χ2v) is 9.91. The van der Waals surface area contributed by atoms with Crippen molar-refractivity contribution in [1.82, 2.24) is 9.21 Å². The number of rotatable bonds is 5. The van der Waals surface area contributed by atoms with E-state index in [0.717, 1.165) is 16.2 Å². The SMILES string of the molecule is Cc1ccccc1OC1CCN(S(=O)(=O)C2CCN(C(N)=O)CC2(O)C(=O)O)CC1. The van der Waals surface area contributed by atoms with E-state index >= 15 is 0 Å². The molecule has 0 spiro atoms. The molecule has 166 valence electrons. The van der Waals surface area contributed by atoms with Crippen molar-refractivity contribution in [3.8, 4) is 5.75 Å². The van der Waals surface area contributed by atoms with Gasteiger partial charge in [0.05, 0.1) is 6.54 Å². The molecule has 11 heteroatoms. The Hall–Kier alpha value is -2.37. The number of carboxylic acids is 1.